The van der Waals surface area contributed by atoms with Crippen LogP contribution in [0, 0.1) is 0 Å². The molecule has 0 saturated heterocycles. The first-order valence-corrected chi connectivity index (χ1v) is 8.13. The third kappa shape index (κ3) is 6.45. The molecule has 0 aliphatic carbocycles. The van der Waals surface area contributed by atoms with Crippen LogP contribution >= 0.6 is 24.0 Å². The number of ether oxygens (including phenoxy) is 2. The van der Waals surface area contributed by atoms with Gasteiger partial charge in [-0.1, -0.05) is 30.3 Å². The van der Waals surface area contributed by atoms with E-state index in [0.29, 0.717) is 24.1 Å². The average Bonchev–Trinajstić information content (AvgIpc) is 2.68. The van der Waals surface area contributed by atoms with Gasteiger partial charge in [0.25, 0.3) is 0 Å². The molecule has 0 radical (unpaired) electrons. The van der Waals surface area contributed by atoms with Crippen LogP contribution in [0.4, 0.5) is 5.69 Å². The summed E-state index contributed by atoms with van der Waals surface area (Å²) in [5.41, 5.74) is 7.53. The minimum absolute atomic E-state index is 0. The minimum atomic E-state index is 0. The molecule has 3 N–H and O–H groups in total. The van der Waals surface area contributed by atoms with Crippen molar-refractivity contribution < 1.29 is 9.47 Å². The number of nitrogens with one attached hydrogen (secondary N) is 1. The quantitative estimate of drug-likeness (QED) is 0.313. The number of anilines is 1. The molecule has 140 valence electrons. The molecule has 6 nitrogen and oxygen atoms in total. The molecule has 0 amide bonds. The highest BCUT2D eigenvalue weighted by atomic mass is 127. The predicted molar refractivity (Wildman–Crippen MR) is 118 cm³/mol. The maximum atomic E-state index is 5.97. The van der Waals surface area contributed by atoms with Crippen molar-refractivity contribution in [1.29, 1.82) is 0 Å². The largest absolute Gasteiger partial charge is 0.481 e. The van der Waals surface area contributed by atoms with E-state index in [1.54, 1.807) is 13.2 Å². The van der Waals surface area contributed by atoms with Gasteiger partial charge in [-0.25, -0.2) is 9.98 Å². The predicted octanol–water partition coefficient (Wildman–Crippen LogP) is 4.43. The lowest BCUT2D eigenvalue weighted by Crippen LogP contribution is -2.22. The monoisotopic (exact) mass is 476 g/mol. The van der Waals surface area contributed by atoms with Gasteiger partial charge in [0.15, 0.2) is 5.96 Å². The smallest absolute Gasteiger partial charge is 0.213 e. The van der Waals surface area contributed by atoms with Gasteiger partial charge in [-0.2, -0.15) is 0 Å². The van der Waals surface area contributed by atoms with E-state index in [4.69, 9.17) is 15.2 Å². The van der Waals surface area contributed by atoms with Crippen LogP contribution in [0.25, 0.3) is 0 Å². The summed E-state index contributed by atoms with van der Waals surface area (Å²) >= 11 is 0. The molecule has 1 heterocycles. The summed E-state index contributed by atoms with van der Waals surface area (Å²) in [6.07, 6.45) is 0. The van der Waals surface area contributed by atoms with Crippen molar-refractivity contribution in [2.75, 3.05) is 12.4 Å². The maximum absolute atomic E-state index is 5.97. The summed E-state index contributed by atoms with van der Waals surface area (Å²) < 4.78 is 10.9. The zero-order valence-corrected chi connectivity index (χ0v) is 17.2. The molecule has 0 spiro atoms. The number of rotatable bonds is 6. The molecule has 1 aromatic heterocycles. The molecule has 0 saturated carbocycles. The number of nitrogens with zero attached hydrogens (tertiary/aromatic N) is 2. The van der Waals surface area contributed by atoms with Crippen molar-refractivity contribution in [3.05, 3.63) is 78.5 Å². The zero-order valence-electron chi connectivity index (χ0n) is 14.8. The van der Waals surface area contributed by atoms with Gasteiger partial charge >= 0.3 is 0 Å². The Kier molecular flexibility index (Phi) is 7.87. The Balaban J connectivity index is 0.00000261. The number of aliphatic imine (C=N–C) groups is 1. The number of hydrogen-bond donors (Lipinski definition) is 2. The summed E-state index contributed by atoms with van der Waals surface area (Å²) in [7, 11) is 1.58. The molecule has 2 aromatic carbocycles. The van der Waals surface area contributed by atoms with Crippen LogP contribution in [0.15, 0.2) is 77.8 Å². The maximum Gasteiger partial charge on any atom is 0.213 e. The Hall–Kier alpha value is -2.81. The average molecular weight is 476 g/mol. The SMILES string of the molecule is COc1cccc(CN=C(N)Nc2cccc(Oc3ccccc3)c2)n1.I. The van der Waals surface area contributed by atoms with Gasteiger partial charge in [-0.15, -0.1) is 24.0 Å². The number of guanidine groups is 1. The summed E-state index contributed by atoms with van der Waals surface area (Å²) in [5.74, 6) is 2.33. The number of benzene rings is 2. The number of aromatic nitrogens is 1. The van der Waals surface area contributed by atoms with E-state index in [1.165, 1.54) is 0 Å². The van der Waals surface area contributed by atoms with Gasteiger partial charge in [0.1, 0.15) is 11.5 Å². The third-order valence-corrected chi connectivity index (χ3v) is 3.49. The highest BCUT2D eigenvalue weighted by molar-refractivity contribution is 14.0. The lowest BCUT2D eigenvalue weighted by molar-refractivity contribution is 0.396. The van der Waals surface area contributed by atoms with E-state index in [0.717, 1.165) is 17.1 Å². The lowest BCUT2D eigenvalue weighted by atomic mass is 10.3. The molecule has 7 heteroatoms. The van der Waals surface area contributed by atoms with Crippen molar-refractivity contribution in [1.82, 2.24) is 4.98 Å². The number of nitrogens with two attached hydrogens (primary N) is 1. The van der Waals surface area contributed by atoms with Gasteiger partial charge in [-0.05, 0) is 30.3 Å². The summed E-state index contributed by atoms with van der Waals surface area (Å²) in [6, 6.07) is 22.6. The van der Waals surface area contributed by atoms with Crippen LogP contribution in [0.2, 0.25) is 0 Å². The van der Waals surface area contributed by atoms with E-state index in [9.17, 15) is 0 Å². The molecule has 27 heavy (non-hydrogen) atoms. The zero-order chi connectivity index (χ0) is 18.2. The van der Waals surface area contributed by atoms with E-state index < -0.39 is 0 Å². The van der Waals surface area contributed by atoms with E-state index >= 15 is 0 Å². The number of halogens is 1. The van der Waals surface area contributed by atoms with Crippen molar-refractivity contribution in [2.45, 2.75) is 6.54 Å². The Morgan fingerprint density at radius 1 is 1.00 bits per heavy atom. The van der Waals surface area contributed by atoms with Gasteiger partial charge in [0, 0.05) is 17.8 Å². The summed E-state index contributed by atoms with van der Waals surface area (Å²) in [4.78, 5) is 8.60. The molecule has 0 aliphatic heterocycles. The normalized spacial score (nSPS) is 10.6. The van der Waals surface area contributed by atoms with Gasteiger partial charge in [0.05, 0.1) is 19.3 Å². The molecule has 3 rings (SSSR count). The second-order valence-corrected chi connectivity index (χ2v) is 5.44. The second kappa shape index (κ2) is 10.4. The first-order valence-electron chi connectivity index (χ1n) is 8.13. The van der Waals surface area contributed by atoms with E-state index in [-0.39, 0.29) is 24.0 Å². The Morgan fingerprint density at radius 3 is 2.52 bits per heavy atom. The van der Waals surface area contributed by atoms with Crippen LogP contribution in [-0.4, -0.2) is 18.1 Å². The van der Waals surface area contributed by atoms with Crippen molar-refractivity contribution >= 4 is 35.6 Å². The minimum Gasteiger partial charge on any atom is -0.481 e. The number of pyridine rings is 1. The fourth-order valence-corrected chi connectivity index (χ4v) is 2.27. The van der Waals surface area contributed by atoms with E-state index in [2.05, 4.69) is 15.3 Å². The highest BCUT2D eigenvalue weighted by Crippen LogP contribution is 2.23. The molecule has 0 bridgehead atoms. The molecule has 3 aromatic rings. The standard InChI is InChI=1S/C20H20N4O2.HI/c1-25-19-12-6-8-16(23-19)14-22-20(21)24-15-7-5-11-18(13-15)26-17-9-3-2-4-10-17;/h2-13H,14H2,1H3,(H3,21,22,24);1H. The lowest BCUT2D eigenvalue weighted by Gasteiger charge is -2.09. The topological polar surface area (TPSA) is 81.8 Å². The van der Waals surface area contributed by atoms with Crippen LogP contribution in [0.1, 0.15) is 5.69 Å². The van der Waals surface area contributed by atoms with Crippen LogP contribution in [0.5, 0.6) is 17.4 Å². The number of methoxy groups -OCH3 is 1. The molecule has 0 atom stereocenters. The first kappa shape index (κ1) is 20.5. The van der Waals surface area contributed by atoms with Gasteiger partial charge in [0.2, 0.25) is 5.88 Å². The van der Waals surface area contributed by atoms with Crippen molar-refractivity contribution in [3.8, 4) is 17.4 Å². The fraction of sp³-hybridized carbons (Fsp3) is 0.100. The summed E-state index contributed by atoms with van der Waals surface area (Å²) in [5, 5.41) is 3.06. The Bertz CT molecular complexity index is 888. The van der Waals surface area contributed by atoms with Crippen molar-refractivity contribution in [3.63, 3.8) is 0 Å². The van der Waals surface area contributed by atoms with Crippen LogP contribution in [0.3, 0.4) is 0 Å². The van der Waals surface area contributed by atoms with Crippen LogP contribution < -0.4 is 20.5 Å². The summed E-state index contributed by atoms with van der Waals surface area (Å²) in [6.45, 7) is 0.357. The molecular weight excluding hydrogens is 455 g/mol. The van der Waals surface area contributed by atoms with E-state index in [1.807, 2.05) is 66.7 Å². The number of hydrogen-bond acceptors (Lipinski definition) is 4. The first-order chi connectivity index (χ1) is 12.7. The van der Waals surface area contributed by atoms with Gasteiger partial charge in [-0.3, -0.25) is 0 Å². The Morgan fingerprint density at radius 2 is 1.74 bits per heavy atom. The van der Waals surface area contributed by atoms with Crippen LogP contribution in [-0.2, 0) is 6.54 Å². The molecular formula is C20H21IN4O2. The van der Waals surface area contributed by atoms with Crippen molar-refractivity contribution in [2.24, 2.45) is 10.7 Å². The van der Waals surface area contributed by atoms with Gasteiger partial charge < -0.3 is 20.5 Å². The Labute approximate surface area is 175 Å². The highest BCUT2D eigenvalue weighted by Gasteiger charge is 2.01. The molecule has 0 fully saturated rings. The fourth-order valence-electron chi connectivity index (χ4n) is 2.27. The third-order valence-electron chi connectivity index (χ3n) is 3.49. The molecule has 0 unspecified atom stereocenters. The number of para-hydroxylation sites is 1. The molecule has 0 aliphatic rings. The second-order valence-electron chi connectivity index (χ2n) is 5.44.